The molecule has 0 bridgehead atoms. The van der Waals surface area contributed by atoms with E-state index in [1.54, 1.807) is 17.8 Å². The zero-order valence-electron chi connectivity index (χ0n) is 15.4. The van der Waals surface area contributed by atoms with Crippen molar-refractivity contribution in [2.45, 2.75) is 15.3 Å². The Hall–Kier alpha value is -2.56. The second-order valence-corrected chi connectivity index (χ2v) is 8.86. The number of aliphatic hydroxyl groups excluding tert-OH is 1. The van der Waals surface area contributed by atoms with Gasteiger partial charge in [0.1, 0.15) is 0 Å². The monoisotopic (exact) mass is 445 g/mol. The summed E-state index contributed by atoms with van der Waals surface area (Å²) < 4.78 is 5.89. The zero-order valence-corrected chi connectivity index (χ0v) is 17.8. The number of rotatable bonds is 6. The fourth-order valence-corrected chi connectivity index (χ4v) is 4.75. The van der Waals surface area contributed by atoms with Crippen LogP contribution in [0.15, 0.2) is 67.6 Å². The molecule has 1 aliphatic rings. The number of Topliss-reactive ketones (excluding diaryl/α,β-unsaturated/α-hetero) is 1. The molecule has 29 heavy (non-hydrogen) atoms. The molecule has 0 aliphatic carbocycles. The molecule has 3 heterocycles. The van der Waals surface area contributed by atoms with Crippen molar-refractivity contribution in [2.75, 3.05) is 17.4 Å². The summed E-state index contributed by atoms with van der Waals surface area (Å²) in [6.07, 6.45) is 5.19. The average molecular weight is 446 g/mol. The maximum atomic E-state index is 13.1. The summed E-state index contributed by atoms with van der Waals surface area (Å²) in [5, 5.41) is 19.1. The third-order valence-corrected chi connectivity index (χ3v) is 7.05. The lowest BCUT2D eigenvalue weighted by Crippen LogP contribution is -2.31. The molecular weight excluding hydrogens is 430 g/mol. The highest BCUT2D eigenvalue weighted by Crippen LogP contribution is 2.43. The van der Waals surface area contributed by atoms with Gasteiger partial charge in [-0.25, -0.2) is 0 Å². The number of furan rings is 1. The van der Waals surface area contributed by atoms with Gasteiger partial charge in [0.2, 0.25) is 10.9 Å². The lowest BCUT2D eigenvalue weighted by atomic mass is 9.95. The summed E-state index contributed by atoms with van der Waals surface area (Å²) in [6, 6.07) is 9.72. The quantitative estimate of drug-likeness (QED) is 0.340. The fourth-order valence-electron chi connectivity index (χ4n) is 3.06. The molecule has 1 aliphatic heterocycles. The number of nitrogens with zero attached hydrogens (tertiary/aromatic N) is 3. The largest absolute Gasteiger partial charge is 0.503 e. The van der Waals surface area contributed by atoms with Gasteiger partial charge >= 0.3 is 0 Å². The van der Waals surface area contributed by atoms with Crippen molar-refractivity contribution < 1.29 is 19.1 Å². The molecule has 1 aromatic carbocycles. The van der Waals surface area contributed by atoms with E-state index in [0.29, 0.717) is 15.0 Å². The van der Waals surface area contributed by atoms with E-state index in [-0.39, 0.29) is 11.3 Å². The van der Waals surface area contributed by atoms with Crippen molar-refractivity contribution in [2.24, 2.45) is 0 Å². The number of amides is 1. The molecule has 0 spiro atoms. The number of carbonyl (C=O) groups excluding carboxylic acids is 2. The number of aromatic nitrogens is 2. The van der Waals surface area contributed by atoms with Crippen LogP contribution < -0.4 is 4.90 Å². The van der Waals surface area contributed by atoms with Crippen molar-refractivity contribution in [3.8, 4) is 0 Å². The first kappa shape index (κ1) is 19.7. The van der Waals surface area contributed by atoms with Crippen molar-refractivity contribution in [1.29, 1.82) is 0 Å². The number of hydrogen-bond donors (Lipinski definition) is 1. The number of benzene rings is 1. The molecule has 0 unspecified atom stereocenters. The van der Waals surface area contributed by atoms with Gasteiger partial charge in [-0.2, -0.15) is 0 Å². The molecule has 1 atom stereocenters. The van der Waals surface area contributed by atoms with Gasteiger partial charge in [0, 0.05) is 4.90 Å². The first-order valence-corrected chi connectivity index (χ1v) is 11.7. The Kier molecular flexibility index (Phi) is 5.48. The van der Waals surface area contributed by atoms with Crippen LogP contribution >= 0.6 is 34.9 Å². The third kappa shape index (κ3) is 3.47. The summed E-state index contributed by atoms with van der Waals surface area (Å²) >= 11 is 4.21. The maximum Gasteiger partial charge on any atom is 0.296 e. The van der Waals surface area contributed by atoms with Gasteiger partial charge in [-0.3, -0.25) is 14.5 Å². The lowest BCUT2D eigenvalue weighted by Gasteiger charge is -2.24. The van der Waals surface area contributed by atoms with Gasteiger partial charge in [0.05, 0.1) is 17.9 Å². The molecule has 0 saturated carbocycles. The third-order valence-electron chi connectivity index (χ3n) is 4.41. The van der Waals surface area contributed by atoms with Crippen LogP contribution in [0.2, 0.25) is 0 Å². The minimum Gasteiger partial charge on any atom is -0.503 e. The van der Waals surface area contributed by atoms with E-state index < -0.39 is 23.5 Å². The Labute approximate surface area is 178 Å². The highest BCUT2D eigenvalue weighted by molar-refractivity contribution is 8.00. The molecule has 0 radical (unpaired) electrons. The minimum atomic E-state index is -0.835. The molecule has 2 aromatic heterocycles. The summed E-state index contributed by atoms with van der Waals surface area (Å²) in [5.41, 5.74) is 0.638. The van der Waals surface area contributed by atoms with Gasteiger partial charge in [-0.1, -0.05) is 35.2 Å². The topological polar surface area (TPSA) is 96.5 Å². The normalized spacial score (nSPS) is 16.7. The fraction of sp³-hybridized carbons (Fsp3) is 0.158. The summed E-state index contributed by atoms with van der Waals surface area (Å²) in [4.78, 5) is 28.4. The van der Waals surface area contributed by atoms with Crippen molar-refractivity contribution in [1.82, 2.24) is 10.2 Å². The van der Waals surface area contributed by atoms with Crippen molar-refractivity contribution in [3.63, 3.8) is 0 Å². The number of ketones is 1. The number of thioether (sulfide) groups is 2. The van der Waals surface area contributed by atoms with E-state index in [4.69, 9.17) is 4.42 Å². The maximum absolute atomic E-state index is 13.1. The average Bonchev–Trinajstić information content (AvgIpc) is 3.48. The second-order valence-electron chi connectivity index (χ2n) is 5.97. The Morgan fingerprint density at radius 3 is 2.52 bits per heavy atom. The summed E-state index contributed by atoms with van der Waals surface area (Å²) in [6.45, 7) is 0. The Bertz CT molecular complexity index is 1090. The van der Waals surface area contributed by atoms with Crippen molar-refractivity contribution >= 4 is 51.7 Å². The predicted octanol–water partition coefficient (Wildman–Crippen LogP) is 4.36. The SMILES string of the molecule is CSc1ccc([C@H]2C(C(=O)c3ccco3)=C(O)C(=O)N2c2nnc(SC)s2)cc1. The van der Waals surface area contributed by atoms with Gasteiger partial charge in [0.25, 0.3) is 5.91 Å². The predicted molar refractivity (Wildman–Crippen MR) is 113 cm³/mol. The van der Waals surface area contributed by atoms with Crippen LogP contribution in [0, 0.1) is 0 Å². The molecular formula is C19H15N3O4S3. The first-order chi connectivity index (χ1) is 14.0. The van der Waals surface area contributed by atoms with E-state index >= 15 is 0 Å². The van der Waals surface area contributed by atoms with E-state index in [9.17, 15) is 14.7 Å². The van der Waals surface area contributed by atoms with Gasteiger partial charge < -0.3 is 9.52 Å². The van der Waals surface area contributed by atoms with Crippen LogP contribution in [-0.4, -0.2) is 39.5 Å². The van der Waals surface area contributed by atoms with Crippen molar-refractivity contribution in [3.05, 3.63) is 65.3 Å². The molecule has 10 heteroatoms. The molecule has 3 aromatic rings. The number of anilines is 1. The van der Waals surface area contributed by atoms with E-state index in [1.165, 1.54) is 40.3 Å². The first-order valence-electron chi connectivity index (χ1n) is 8.41. The smallest absolute Gasteiger partial charge is 0.296 e. The van der Waals surface area contributed by atoms with E-state index in [0.717, 1.165) is 4.90 Å². The van der Waals surface area contributed by atoms with E-state index in [1.807, 2.05) is 36.8 Å². The van der Waals surface area contributed by atoms with Crippen LogP contribution in [-0.2, 0) is 4.79 Å². The van der Waals surface area contributed by atoms with Gasteiger partial charge in [-0.05, 0) is 42.3 Å². The highest BCUT2D eigenvalue weighted by atomic mass is 32.2. The van der Waals surface area contributed by atoms with Crippen LogP contribution in [0.1, 0.15) is 22.2 Å². The van der Waals surface area contributed by atoms with E-state index in [2.05, 4.69) is 10.2 Å². The highest BCUT2D eigenvalue weighted by Gasteiger charge is 2.46. The molecule has 0 fully saturated rings. The van der Waals surface area contributed by atoms with Crippen LogP contribution in [0.25, 0.3) is 0 Å². The molecule has 0 saturated heterocycles. The zero-order chi connectivity index (χ0) is 20.5. The Morgan fingerprint density at radius 1 is 1.17 bits per heavy atom. The van der Waals surface area contributed by atoms with Crippen LogP contribution in [0.5, 0.6) is 0 Å². The number of aliphatic hydroxyl groups is 1. The van der Waals surface area contributed by atoms with Gasteiger partial charge in [-0.15, -0.1) is 22.0 Å². The molecule has 148 valence electrons. The standard InChI is InChI=1S/C19H15N3O4S3/c1-27-11-7-5-10(6-8-11)14-13(15(23)12-4-3-9-26-12)16(24)17(25)22(14)18-20-21-19(28-2)29-18/h3-9,14,24H,1-2H3/t14-/m0/s1. The van der Waals surface area contributed by atoms with Crippen LogP contribution in [0.4, 0.5) is 5.13 Å². The molecule has 1 amide bonds. The second kappa shape index (κ2) is 8.05. The van der Waals surface area contributed by atoms with Gasteiger partial charge in [0.15, 0.2) is 15.9 Å². The molecule has 7 nitrogen and oxygen atoms in total. The summed E-state index contributed by atoms with van der Waals surface area (Å²) in [5.74, 6) is -1.79. The number of carbonyl (C=O) groups is 2. The van der Waals surface area contributed by atoms with Crippen LogP contribution in [0.3, 0.4) is 0 Å². The Morgan fingerprint density at radius 2 is 1.93 bits per heavy atom. The summed E-state index contributed by atoms with van der Waals surface area (Å²) in [7, 11) is 0. The lowest BCUT2D eigenvalue weighted by molar-refractivity contribution is -0.117. The Balaban J connectivity index is 1.85. The number of hydrogen-bond acceptors (Lipinski definition) is 9. The molecule has 1 N–H and O–H groups in total. The minimum absolute atomic E-state index is 0.0391. The molecule has 4 rings (SSSR count).